The Hall–Kier alpha value is -2.86. The van der Waals surface area contributed by atoms with E-state index in [1.807, 2.05) is 73.8 Å². The number of nitrogens with zero attached hydrogens (tertiary/aromatic N) is 3. The van der Waals surface area contributed by atoms with Crippen LogP contribution in [0, 0.1) is 0 Å². The molecule has 0 radical (unpaired) electrons. The van der Waals surface area contributed by atoms with Crippen molar-refractivity contribution in [3.63, 3.8) is 0 Å². The summed E-state index contributed by atoms with van der Waals surface area (Å²) >= 11 is 1.42. The molecule has 124 valence electrons. The predicted octanol–water partition coefficient (Wildman–Crippen LogP) is 3.89. The lowest BCUT2D eigenvalue weighted by Gasteiger charge is -2.19. The summed E-state index contributed by atoms with van der Waals surface area (Å²) in [4.78, 5) is 17.2. The Morgan fingerprint density at radius 3 is 2.48 bits per heavy atom. The van der Waals surface area contributed by atoms with Crippen LogP contribution < -0.4 is 5.32 Å². The molecule has 25 heavy (non-hydrogen) atoms. The summed E-state index contributed by atoms with van der Waals surface area (Å²) in [5, 5.41) is 7.79. The molecular weight excluding hydrogens is 332 g/mol. The van der Waals surface area contributed by atoms with Gasteiger partial charge in [-0.3, -0.25) is 4.79 Å². The van der Waals surface area contributed by atoms with Crippen molar-refractivity contribution in [3.05, 3.63) is 66.9 Å². The van der Waals surface area contributed by atoms with Crippen LogP contribution in [-0.2, 0) is 4.79 Å². The largest absolute Gasteiger partial charge is 0.325 e. The Morgan fingerprint density at radius 2 is 1.76 bits per heavy atom. The predicted molar refractivity (Wildman–Crippen MR) is 101 cm³/mol. The van der Waals surface area contributed by atoms with Gasteiger partial charge in [0, 0.05) is 11.3 Å². The van der Waals surface area contributed by atoms with Gasteiger partial charge in [-0.2, -0.15) is 5.10 Å². The summed E-state index contributed by atoms with van der Waals surface area (Å²) in [7, 11) is 0. The topological polar surface area (TPSA) is 59.3 Å². The van der Waals surface area contributed by atoms with E-state index < -0.39 is 5.25 Å². The molecule has 1 atom stereocenters. The van der Waals surface area contributed by atoms with Crippen LogP contribution in [0.5, 0.6) is 0 Å². The van der Waals surface area contributed by atoms with Crippen molar-refractivity contribution in [2.45, 2.75) is 17.3 Å². The zero-order valence-electron chi connectivity index (χ0n) is 13.6. The Kier molecular flexibility index (Phi) is 4.11. The maximum Gasteiger partial charge on any atom is 0.243 e. The number of nitrogens with one attached hydrogen (secondary N) is 1. The third-order valence-corrected chi connectivity index (χ3v) is 5.15. The van der Waals surface area contributed by atoms with Gasteiger partial charge in [0.1, 0.15) is 5.25 Å². The number of anilines is 1. The van der Waals surface area contributed by atoms with E-state index in [0.717, 1.165) is 27.8 Å². The minimum atomic E-state index is -0.390. The second-order valence-electron chi connectivity index (χ2n) is 5.71. The second kappa shape index (κ2) is 6.57. The number of hydrogen-bond acceptors (Lipinski definition) is 4. The van der Waals surface area contributed by atoms with Gasteiger partial charge in [0.15, 0.2) is 5.16 Å². The number of hydrogen-bond donors (Lipinski definition) is 1. The molecule has 0 bridgehead atoms. The SMILES string of the molecule is CC1=Nn2cc(-c3ccccc3)nc2SC1C(=O)Nc1ccccc1. The van der Waals surface area contributed by atoms with E-state index >= 15 is 0 Å². The lowest BCUT2D eigenvalue weighted by atomic mass is 10.2. The lowest BCUT2D eigenvalue weighted by Crippen LogP contribution is -2.33. The number of thioether (sulfide) groups is 1. The summed E-state index contributed by atoms with van der Waals surface area (Å²) in [6.45, 7) is 1.87. The van der Waals surface area contributed by atoms with Crippen molar-refractivity contribution in [3.8, 4) is 11.3 Å². The van der Waals surface area contributed by atoms with Gasteiger partial charge >= 0.3 is 0 Å². The number of benzene rings is 2. The maximum atomic E-state index is 12.6. The first-order chi connectivity index (χ1) is 12.2. The van der Waals surface area contributed by atoms with Crippen LogP contribution in [0.15, 0.2) is 77.1 Å². The van der Waals surface area contributed by atoms with E-state index in [1.165, 1.54) is 11.8 Å². The quantitative estimate of drug-likeness (QED) is 0.781. The van der Waals surface area contributed by atoms with Crippen molar-refractivity contribution >= 4 is 29.1 Å². The van der Waals surface area contributed by atoms with Gasteiger partial charge in [0.05, 0.1) is 17.6 Å². The fourth-order valence-corrected chi connectivity index (χ4v) is 3.59. The molecule has 4 rings (SSSR count). The summed E-state index contributed by atoms with van der Waals surface area (Å²) in [6.07, 6.45) is 1.90. The Bertz CT molecular complexity index is 935. The number of rotatable bonds is 3. The van der Waals surface area contributed by atoms with Crippen LogP contribution in [0.4, 0.5) is 5.69 Å². The number of para-hydroxylation sites is 1. The highest BCUT2D eigenvalue weighted by Gasteiger charge is 2.29. The van der Waals surface area contributed by atoms with Gasteiger partial charge in [-0.15, -0.1) is 0 Å². The summed E-state index contributed by atoms with van der Waals surface area (Å²) in [6, 6.07) is 19.4. The van der Waals surface area contributed by atoms with Crippen LogP contribution in [0.3, 0.4) is 0 Å². The molecule has 0 spiro atoms. The Morgan fingerprint density at radius 1 is 1.08 bits per heavy atom. The first kappa shape index (κ1) is 15.7. The number of carbonyl (C=O) groups excluding carboxylic acids is 1. The summed E-state index contributed by atoms with van der Waals surface area (Å²) in [5.41, 5.74) is 3.41. The van der Waals surface area contributed by atoms with Gasteiger partial charge in [0.2, 0.25) is 5.91 Å². The third kappa shape index (κ3) is 3.21. The Labute approximate surface area is 149 Å². The average Bonchev–Trinajstić information content (AvgIpc) is 3.05. The third-order valence-electron chi connectivity index (χ3n) is 3.87. The highest BCUT2D eigenvalue weighted by Crippen LogP contribution is 2.31. The molecule has 1 aliphatic heterocycles. The Balaban J connectivity index is 1.57. The molecule has 1 aromatic heterocycles. The molecule has 1 unspecified atom stereocenters. The molecule has 0 fully saturated rings. The van der Waals surface area contributed by atoms with Gasteiger partial charge in [-0.25, -0.2) is 9.66 Å². The van der Waals surface area contributed by atoms with Crippen molar-refractivity contribution < 1.29 is 4.79 Å². The van der Waals surface area contributed by atoms with E-state index in [9.17, 15) is 4.79 Å². The lowest BCUT2D eigenvalue weighted by molar-refractivity contribution is -0.114. The van der Waals surface area contributed by atoms with Crippen LogP contribution in [0.25, 0.3) is 11.3 Å². The molecule has 0 aliphatic carbocycles. The molecule has 3 aromatic rings. The number of amides is 1. The first-order valence-corrected chi connectivity index (χ1v) is 8.81. The number of fused-ring (bicyclic) bond motifs is 1. The molecule has 1 amide bonds. The van der Waals surface area contributed by atoms with Gasteiger partial charge in [-0.1, -0.05) is 60.3 Å². The van der Waals surface area contributed by atoms with Crippen LogP contribution >= 0.6 is 11.8 Å². The molecular formula is C19H16N4OS. The van der Waals surface area contributed by atoms with Crippen molar-refractivity contribution in [1.82, 2.24) is 9.66 Å². The van der Waals surface area contributed by atoms with E-state index in [-0.39, 0.29) is 5.91 Å². The van der Waals surface area contributed by atoms with Crippen molar-refractivity contribution in [2.24, 2.45) is 5.10 Å². The zero-order valence-corrected chi connectivity index (χ0v) is 14.4. The molecule has 0 saturated carbocycles. The smallest absolute Gasteiger partial charge is 0.243 e. The molecule has 2 aromatic carbocycles. The number of aromatic nitrogens is 2. The van der Waals surface area contributed by atoms with Crippen molar-refractivity contribution in [2.75, 3.05) is 5.32 Å². The zero-order chi connectivity index (χ0) is 17.2. The van der Waals surface area contributed by atoms with E-state index in [4.69, 9.17) is 0 Å². The molecule has 2 heterocycles. The highest BCUT2D eigenvalue weighted by molar-refractivity contribution is 8.01. The minimum absolute atomic E-state index is 0.0899. The van der Waals surface area contributed by atoms with E-state index in [1.54, 1.807) is 4.68 Å². The monoisotopic (exact) mass is 348 g/mol. The standard InChI is InChI=1S/C19H16N4OS/c1-13-17(18(24)20-15-10-6-3-7-11-15)25-19-21-16(12-23(19)22-13)14-8-4-2-5-9-14/h2-12,17H,1H3,(H,20,24). The normalized spacial score (nSPS) is 16.0. The van der Waals surface area contributed by atoms with Gasteiger partial charge in [-0.05, 0) is 19.1 Å². The molecule has 6 heteroatoms. The van der Waals surface area contributed by atoms with Crippen LogP contribution in [0.2, 0.25) is 0 Å². The maximum absolute atomic E-state index is 12.6. The van der Waals surface area contributed by atoms with Crippen LogP contribution in [-0.4, -0.2) is 26.5 Å². The van der Waals surface area contributed by atoms with Crippen molar-refractivity contribution in [1.29, 1.82) is 0 Å². The molecule has 0 saturated heterocycles. The van der Waals surface area contributed by atoms with E-state index in [0.29, 0.717) is 0 Å². The van der Waals surface area contributed by atoms with Crippen LogP contribution in [0.1, 0.15) is 6.92 Å². The number of imidazole rings is 1. The molecule has 5 nitrogen and oxygen atoms in total. The fourth-order valence-electron chi connectivity index (χ4n) is 2.64. The van der Waals surface area contributed by atoms with Gasteiger partial charge < -0.3 is 5.32 Å². The first-order valence-electron chi connectivity index (χ1n) is 7.93. The summed E-state index contributed by atoms with van der Waals surface area (Å²) < 4.78 is 1.74. The van der Waals surface area contributed by atoms with E-state index in [2.05, 4.69) is 15.4 Å². The minimum Gasteiger partial charge on any atom is -0.325 e. The fraction of sp³-hybridized carbons (Fsp3) is 0.105. The molecule has 1 aliphatic rings. The summed E-state index contributed by atoms with van der Waals surface area (Å²) in [5.74, 6) is -0.0899. The molecule has 1 N–H and O–H groups in total. The highest BCUT2D eigenvalue weighted by atomic mass is 32.2. The average molecular weight is 348 g/mol. The second-order valence-corrected chi connectivity index (χ2v) is 6.79. The van der Waals surface area contributed by atoms with Gasteiger partial charge in [0.25, 0.3) is 0 Å². The number of carbonyl (C=O) groups is 1.